The summed E-state index contributed by atoms with van der Waals surface area (Å²) >= 11 is 0. The summed E-state index contributed by atoms with van der Waals surface area (Å²) in [4.78, 5) is 12.5. The van der Waals surface area contributed by atoms with Crippen LogP contribution in [0.1, 0.15) is 38.3 Å². The average Bonchev–Trinajstić information content (AvgIpc) is 2.44. The summed E-state index contributed by atoms with van der Waals surface area (Å²) in [5.41, 5.74) is 2.61. The highest BCUT2D eigenvalue weighted by Crippen LogP contribution is 2.25. The van der Waals surface area contributed by atoms with E-state index in [0.717, 1.165) is 17.4 Å². The number of nitrogens with zero attached hydrogens (tertiary/aromatic N) is 1. The van der Waals surface area contributed by atoms with Gasteiger partial charge in [0.15, 0.2) is 0 Å². The Bertz CT molecular complexity index is 654. The van der Waals surface area contributed by atoms with Gasteiger partial charge in [0.1, 0.15) is 6.04 Å². The highest BCUT2D eigenvalue weighted by atomic mass is 32.2. The van der Waals surface area contributed by atoms with E-state index < -0.39 is 16.1 Å². The molecule has 6 heteroatoms. The maximum atomic E-state index is 12.5. The summed E-state index contributed by atoms with van der Waals surface area (Å²) < 4.78 is 25.9. The fraction of sp³-hybridized carbons (Fsp3) is 0.588. The Morgan fingerprint density at radius 3 is 2.26 bits per heavy atom. The molecule has 0 aromatic heterocycles. The van der Waals surface area contributed by atoms with Crippen LogP contribution in [0.2, 0.25) is 0 Å². The first kappa shape index (κ1) is 19.5. The number of anilines is 1. The second-order valence-corrected chi connectivity index (χ2v) is 8.25. The summed E-state index contributed by atoms with van der Waals surface area (Å²) in [6.07, 6.45) is 1.55. The van der Waals surface area contributed by atoms with Gasteiger partial charge in [-0.1, -0.05) is 26.8 Å². The van der Waals surface area contributed by atoms with Crippen LogP contribution >= 0.6 is 0 Å². The van der Waals surface area contributed by atoms with Gasteiger partial charge in [0, 0.05) is 6.54 Å². The van der Waals surface area contributed by atoms with Gasteiger partial charge in [0.25, 0.3) is 0 Å². The molecule has 0 aliphatic carbocycles. The van der Waals surface area contributed by atoms with E-state index >= 15 is 0 Å². The van der Waals surface area contributed by atoms with E-state index in [4.69, 9.17) is 0 Å². The van der Waals surface area contributed by atoms with Crippen molar-refractivity contribution in [2.75, 3.05) is 17.1 Å². The van der Waals surface area contributed by atoms with Gasteiger partial charge in [-0.2, -0.15) is 0 Å². The van der Waals surface area contributed by atoms with E-state index in [1.54, 1.807) is 6.07 Å². The minimum Gasteiger partial charge on any atom is -0.354 e. The molecule has 0 aliphatic heterocycles. The Balaban J connectivity index is 3.23. The van der Waals surface area contributed by atoms with Crippen molar-refractivity contribution in [2.24, 2.45) is 5.92 Å². The van der Waals surface area contributed by atoms with Crippen LogP contribution in [0, 0.1) is 19.8 Å². The molecule has 1 N–H and O–H groups in total. The van der Waals surface area contributed by atoms with E-state index in [-0.39, 0.29) is 5.91 Å². The normalized spacial score (nSPS) is 13.0. The zero-order valence-electron chi connectivity index (χ0n) is 14.9. The van der Waals surface area contributed by atoms with Crippen LogP contribution in [-0.2, 0) is 14.8 Å². The van der Waals surface area contributed by atoms with Crippen molar-refractivity contribution in [1.82, 2.24) is 5.32 Å². The second-order valence-electron chi connectivity index (χ2n) is 6.39. The molecule has 0 spiro atoms. The summed E-state index contributed by atoms with van der Waals surface area (Å²) in [5, 5.41) is 2.84. The molecule has 0 saturated carbocycles. The number of hydrogen-bond donors (Lipinski definition) is 1. The molecular formula is C17H28N2O3S. The van der Waals surface area contributed by atoms with Gasteiger partial charge in [-0.05, 0) is 49.4 Å². The van der Waals surface area contributed by atoms with Crippen molar-refractivity contribution in [3.05, 3.63) is 29.3 Å². The number of sulfonamides is 1. The predicted molar refractivity (Wildman–Crippen MR) is 95.2 cm³/mol. The molecule has 0 bridgehead atoms. The number of carbonyl (C=O) groups excluding carboxylic acids is 1. The molecule has 0 radical (unpaired) electrons. The molecule has 23 heavy (non-hydrogen) atoms. The minimum atomic E-state index is -3.57. The third-order valence-electron chi connectivity index (χ3n) is 3.76. The SMILES string of the molecule is CCC(C(=O)NCC(C)C)N(c1ccc(C)c(C)c1)S(C)(=O)=O. The number of carbonyl (C=O) groups is 1. The van der Waals surface area contributed by atoms with Crippen LogP contribution in [0.3, 0.4) is 0 Å². The molecule has 5 nitrogen and oxygen atoms in total. The third-order valence-corrected chi connectivity index (χ3v) is 4.94. The van der Waals surface area contributed by atoms with Crippen LogP contribution in [0.5, 0.6) is 0 Å². The van der Waals surface area contributed by atoms with E-state index in [1.165, 1.54) is 4.31 Å². The monoisotopic (exact) mass is 340 g/mol. The Morgan fingerprint density at radius 1 is 1.22 bits per heavy atom. The number of rotatable bonds is 7. The number of nitrogens with one attached hydrogen (secondary N) is 1. The van der Waals surface area contributed by atoms with E-state index in [0.29, 0.717) is 24.6 Å². The second kappa shape index (κ2) is 7.81. The number of benzene rings is 1. The minimum absolute atomic E-state index is 0.259. The summed E-state index contributed by atoms with van der Waals surface area (Å²) in [5.74, 6) is 0.0506. The Morgan fingerprint density at radius 2 is 1.83 bits per heavy atom. The van der Waals surface area contributed by atoms with Gasteiger partial charge >= 0.3 is 0 Å². The van der Waals surface area contributed by atoms with Crippen LogP contribution < -0.4 is 9.62 Å². The van der Waals surface area contributed by atoms with Crippen molar-refractivity contribution < 1.29 is 13.2 Å². The maximum absolute atomic E-state index is 12.5. The molecule has 1 atom stereocenters. The lowest BCUT2D eigenvalue weighted by Gasteiger charge is -2.30. The molecule has 1 rings (SSSR count). The summed E-state index contributed by atoms with van der Waals surface area (Å²) in [6, 6.07) is 4.70. The van der Waals surface area contributed by atoms with Crippen LogP contribution in [-0.4, -0.2) is 33.2 Å². The molecule has 0 saturated heterocycles. The third kappa shape index (κ3) is 5.23. The molecule has 1 aromatic carbocycles. The van der Waals surface area contributed by atoms with Gasteiger partial charge in [-0.3, -0.25) is 9.10 Å². The first-order valence-corrected chi connectivity index (χ1v) is 9.77. The topological polar surface area (TPSA) is 66.5 Å². The fourth-order valence-corrected chi connectivity index (χ4v) is 3.55. The Labute approximate surface area is 140 Å². The van der Waals surface area contributed by atoms with E-state index in [2.05, 4.69) is 5.32 Å². The lowest BCUT2D eigenvalue weighted by Crippen LogP contribution is -2.49. The Kier molecular flexibility index (Phi) is 6.62. The lowest BCUT2D eigenvalue weighted by atomic mass is 10.1. The molecule has 0 fully saturated rings. The molecule has 0 aliphatic rings. The van der Waals surface area contributed by atoms with Gasteiger partial charge in [-0.25, -0.2) is 8.42 Å². The van der Waals surface area contributed by atoms with Crippen LogP contribution in [0.15, 0.2) is 18.2 Å². The van der Waals surface area contributed by atoms with Crippen molar-refractivity contribution in [3.8, 4) is 0 Å². The summed E-state index contributed by atoms with van der Waals surface area (Å²) in [6.45, 7) is 10.2. The maximum Gasteiger partial charge on any atom is 0.243 e. The van der Waals surface area contributed by atoms with Gasteiger partial charge in [0.2, 0.25) is 15.9 Å². The molecule has 0 heterocycles. The fourth-order valence-electron chi connectivity index (χ4n) is 2.35. The molecule has 130 valence electrons. The van der Waals surface area contributed by atoms with E-state index in [1.807, 2.05) is 46.8 Å². The van der Waals surface area contributed by atoms with Crippen molar-refractivity contribution in [3.63, 3.8) is 0 Å². The van der Waals surface area contributed by atoms with Gasteiger partial charge in [-0.15, -0.1) is 0 Å². The zero-order valence-corrected chi connectivity index (χ0v) is 15.7. The molecular weight excluding hydrogens is 312 g/mol. The molecule has 1 unspecified atom stereocenters. The molecule has 1 aromatic rings. The van der Waals surface area contributed by atoms with Crippen molar-refractivity contribution in [2.45, 2.75) is 47.1 Å². The van der Waals surface area contributed by atoms with Crippen molar-refractivity contribution >= 4 is 21.6 Å². The zero-order chi connectivity index (χ0) is 17.8. The Hall–Kier alpha value is -1.56. The number of aryl methyl sites for hydroxylation is 2. The lowest BCUT2D eigenvalue weighted by molar-refractivity contribution is -0.122. The van der Waals surface area contributed by atoms with Gasteiger partial charge in [0.05, 0.1) is 11.9 Å². The largest absolute Gasteiger partial charge is 0.354 e. The quantitative estimate of drug-likeness (QED) is 0.830. The van der Waals surface area contributed by atoms with Crippen LogP contribution in [0.4, 0.5) is 5.69 Å². The van der Waals surface area contributed by atoms with Crippen LogP contribution in [0.25, 0.3) is 0 Å². The first-order chi connectivity index (χ1) is 10.6. The standard InChI is InChI=1S/C17H28N2O3S/c1-7-16(17(20)18-11-12(2)3)19(23(6,21)22)15-9-8-13(4)14(5)10-15/h8-10,12,16H,7,11H2,1-6H3,(H,18,20). The first-order valence-electron chi connectivity index (χ1n) is 7.92. The average molecular weight is 340 g/mol. The van der Waals surface area contributed by atoms with Gasteiger partial charge < -0.3 is 5.32 Å². The number of hydrogen-bond acceptors (Lipinski definition) is 3. The van der Waals surface area contributed by atoms with E-state index in [9.17, 15) is 13.2 Å². The number of amides is 1. The predicted octanol–water partition coefficient (Wildman–Crippen LogP) is 2.62. The summed E-state index contributed by atoms with van der Waals surface area (Å²) in [7, 11) is -3.57. The smallest absolute Gasteiger partial charge is 0.243 e. The van der Waals surface area contributed by atoms with Crippen molar-refractivity contribution in [1.29, 1.82) is 0 Å². The highest BCUT2D eigenvalue weighted by molar-refractivity contribution is 7.92. The highest BCUT2D eigenvalue weighted by Gasteiger charge is 2.31. The molecule has 1 amide bonds.